The number of esters is 1. The van der Waals surface area contributed by atoms with E-state index in [2.05, 4.69) is 13.8 Å². The van der Waals surface area contributed by atoms with E-state index in [0.717, 1.165) is 6.42 Å². The Morgan fingerprint density at radius 2 is 2.07 bits per heavy atom. The largest absolute Gasteiger partial charge is 0.466 e. The third kappa shape index (κ3) is 3.51. The zero-order valence-corrected chi connectivity index (χ0v) is 10.3. The van der Waals surface area contributed by atoms with Crippen LogP contribution < -0.4 is 0 Å². The zero-order chi connectivity index (χ0) is 11.3. The lowest BCUT2D eigenvalue weighted by molar-refractivity contribution is -0.145. The van der Waals surface area contributed by atoms with E-state index in [4.69, 9.17) is 4.74 Å². The van der Waals surface area contributed by atoms with Crippen LogP contribution in [0.3, 0.4) is 0 Å². The Morgan fingerprint density at radius 3 is 2.67 bits per heavy atom. The van der Waals surface area contributed by atoms with E-state index in [9.17, 15) is 4.79 Å². The van der Waals surface area contributed by atoms with E-state index in [-0.39, 0.29) is 17.3 Å². The summed E-state index contributed by atoms with van der Waals surface area (Å²) in [4.78, 5) is 11.5. The molecule has 1 aliphatic rings. The molecule has 1 aliphatic carbocycles. The molecule has 0 aromatic heterocycles. The quantitative estimate of drug-likeness (QED) is 0.476. The van der Waals surface area contributed by atoms with Crippen LogP contribution in [-0.4, -0.2) is 12.6 Å². The summed E-state index contributed by atoms with van der Waals surface area (Å²) in [6, 6.07) is 0. The molecule has 2 atom stereocenters. The zero-order valence-electron chi connectivity index (χ0n) is 10.3. The van der Waals surface area contributed by atoms with Crippen molar-refractivity contribution in [3.63, 3.8) is 0 Å². The molecule has 2 nitrogen and oxygen atoms in total. The molecule has 0 aromatic rings. The molecule has 0 aromatic carbocycles. The van der Waals surface area contributed by atoms with Crippen LogP contribution in [0.4, 0.5) is 0 Å². The van der Waals surface area contributed by atoms with Crippen molar-refractivity contribution < 1.29 is 9.53 Å². The number of ether oxygens (including phenoxy) is 1. The maximum atomic E-state index is 11.5. The van der Waals surface area contributed by atoms with Gasteiger partial charge in [0.1, 0.15) is 0 Å². The van der Waals surface area contributed by atoms with Gasteiger partial charge in [0, 0.05) is 0 Å². The second-order valence-corrected chi connectivity index (χ2v) is 4.97. The van der Waals surface area contributed by atoms with Crippen molar-refractivity contribution in [2.45, 2.75) is 59.3 Å². The van der Waals surface area contributed by atoms with Gasteiger partial charge in [-0.05, 0) is 25.2 Å². The van der Waals surface area contributed by atoms with E-state index in [0.29, 0.717) is 6.61 Å². The molecule has 0 N–H and O–H groups in total. The predicted octanol–water partition coefficient (Wildman–Crippen LogP) is 3.55. The third-order valence-corrected chi connectivity index (χ3v) is 3.52. The van der Waals surface area contributed by atoms with Crippen LogP contribution in [0.1, 0.15) is 59.3 Å². The van der Waals surface area contributed by atoms with Crippen molar-refractivity contribution in [1.82, 2.24) is 0 Å². The van der Waals surface area contributed by atoms with Gasteiger partial charge in [0.05, 0.1) is 12.5 Å². The van der Waals surface area contributed by atoms with Crippen LogP contribution in [0.25, 0.3) is 0 Å². The van der Waals surface area contributed by atoms with Crippen LogP contribution in [0.2, 0.25) is 0 Å². The van der Waals surface area contributed by atoms with Gasteiger partial charge in [0.25, 0.3) is 0 Å². The molecule has 0 unspecified atom stereocenters. The maximum Gasteiger partial charge on any atom is 0.309 e. The van der Waals surface area contributed by atoms with Gasteiger partial charge in [-0.15, -0.1) is 0 Å². The third-order valence-electron chi connectivity index (χ3n) is 3.52. The summed E-state index contributed by atoms with van der Waals surface area (Å²) in [5.74, 6) is 0.217. The minimum Gasteiger partial charge on any atom is -0.466 e. The molecule has 0 spiro atoms. The second-order valence-electron chi connectivity index (χ2n) is 4.97. The van der Waals surface area contributed by atoms with E-state index >= 15 is 0 Å². The Morgan fingerprint density at radius 1 is 1.33 bits per heavy atom. The smallest absolute Gasteiger partial charge is 0.309 e. The summed E-state index contributed by atoms with van der Waals surface area (Å²) in [6.45, 7) is 6.83. The fraction of sp³-hybridized carbons (Fsp3) is 0.923. The molecule has 0 heterocycles. The predicted molar refractivity (Wildman–Crippen MR) is 61.6 cm³/mol. The monoisotopic (exact) mass is 212 g/mol. The molecular weight excluding hydrogens is 188 g/mol. The Kier molecular flexibility index (Phi) is 4.62. The molecule has 1 fully saturated rings. The number of hydrogen-bond donors (Lipinski definition) is 0. The highest BCUT2D eigenvalue weighted by molar-refractivity contribution is 5.76. The SMILES string of the molecule is CCCCCC[C@]1(C)C[C@H]1C(=O)OCC. The lowest BCUT2D eigenvalue weighted by atomic mass is 9.97. The summed E-state index contributed by atoms with van der Waals surface area (Å²) < 4.78 is 5.05. The first-order chi connectivity index (χ1) is 7.14. The minimum atomic E-state index is 0.0236. The Bertz CT molecular complexity index is 213. The van der Waals surface area contributed by atoms with Crippen molar-refractivity contribution in [3.8, 4) is 0 Å². The summed E-state index contributed by atoms with van der Waals surface area (Å²) >= 11 is 0. The fourth-order valence-corrected chi connectivity index (χ4v) is 2.25. The Balaban J connectivity index is 2.17. The molecule has 0 radical (unpaired) electrons. The van der Waals surface area contributed by atoms with Gasteiger partial charge in [-0.1, -0.05) is 39.5 Å². The molecule has 0 saturated heterocycles. The standard InChI is InChI=1S/C13H24O2/c1-4-6-7-8-9-13(3)10-11(13)12(14)15-5-2/h11H,4-10H2,1-3H3/t11-,13+/m0/s1. The van der Waals surface area contributed by atoms with Gasteiger partial charge in [-0.2, -0.15) is 0 Å². The first-order valence-corrected chi connectivity index (χ1v) is 6.30. The van der Waals surface area contributed by atoms with Gasteiger partial charge in [0.2, 0.25) is 0 Å². The van der Waals surface area contributed by atoms with Crippen molar-refractivity contribution in [1.29, 1.82) is 0 Å². The van der Waals surface area contributed by atoms with Gasteiger partial charge in [-0.25, -0.2) is 0 Å². The molecule has 88 valence electrons. The Labute approximate surface area is 93.4 Å². The fourth-order valence-electron chi connectivity index (χ4n) is 2.25. The average molecular weight is 212 g/mol. The van der Waals surface area contributed by atoms with Gasteiger partial charge >= 0.3 is 5.97 Å². The van der Waals surface area contributed by atoms with Crippen molar-refractivity contribution in [2.75, 3.05) is 6.61 Å². The minimum absolute atomic E-state index is 0.0236. The molecule has 1 saturated carbocycles. The number of hydrogen-bond acceptors (Lipinski definition) is 2. The van der Waals surface area contributed by atoms with Crippen molar-refractivity contribution in [3.05, 3.63) is 0 Å². The average Bonchev–Trinajstić information content (AvgIpc) is 2.87. The molecule has 1 rings (SSSR count). The summed E-state index contributed by atoms with van der Waals surface area (Å²) in [5, 5.41) is 0. The highest BCUT2D eigenvalue weighted by Crippen LogP contribution is 2.56. The summed E-state index contributed by atoms with van der Waals surface area (Å²) in [7, 11) is 0. The van der Waals surface area contributed by atoms with Crippen molar-refractivity contribution in [2.24, 2.45) is 11.3 Å². The molecule has 0 bridgehead atoms. The summed E-state index contributed by atoms with van der Waals surface area (Å²) in [6.07, 6.45) is 7.40. The number of carbonyl (C=O) groups is 1. The molecule has 15 heavy (non-hydrogen) atoms. The van der Waals surface area contributed by atoms with Gasteiger partial charge in [-0.3, -0.25) is 4.79 Å². The topological polar surface area (TPSA) is 26.3 Å². The number of rotatable bonds is 7. The normalized spacial score (nSPS) is 28.9. The van der Waals surface area contributed by atoms with Crippen LogP contribution in [-0.2, 0) is 9.53 Å². The lowest BCUT2D eigenvalue weighted by Crippen LogP contribution is -2.11. The van der Waals surface area contributed by atoms with Crippen LogP contribution >= 0.6 is 0 Å². The summed E-state index contributed by atoms with van der Waals surface area (Å²) in [5.41, 5.74) is 0.264. The number of carbonyl (C=O) groups excluding carboxylic acids is 1. The molecule has 0 aliphatic heterocycles. The van der Waals surface area contributed by atoms with E-state index in [1.165, 1.54) is 32.1 Å². The van der Waals surface area contributed by atoms with Crippen molar-refractivity contribution >= 4 is 5.97 Å². The van der Waals surface area contributed by atoms with Crippen LogP contribution in [0.15, 0.2) is 0 Å². The van der Waals surface area contributed by atoms with E-state index < -0.39 is 0 Å². The first-order valence-electron chi connectivity index (χ1n) is 6.30. The second kappa shape index (κ2) is 5.53. The number of unbranched alkanes of at least 4 members (excludes halogenated alkanes) is 3. The maximum absolute atomic E-state index is 11.5. The highest BCUT2D eigenvalue weighted by atomic mass is 16.5. The van der Waals surface area contributed by atoms with E-state index in [1.807, 2.05) is 6.92 Å². The molecule has 0 amide bonds. The highest BCUT2D eigenvalue weighted by Gasteiger charge is 2.54. The van der Waals surface area contributed by atoms with E-state index in [1.54, 1.807) is 0 Å². The molecule has 2 heteroatoms. The first kappa shape index (κ1) is 12.5. The van der Waals surface area contributed by atoms with Crippen LogP contribution in [0, 0.1) is 11.3 Å². The molecular formula is C13H24O2. The van der Waals surface area contributed by atoms with Gasteiger partial charge < -0.3 is 4.74 Å². The van der Waals surface area contributed by atoms with Gasteiger partial charge in [0.15, 0.2) is 0 Å². The lowest BCUT2D eigenvalue weighted by Gasteiger charge is -2.10. The Hall–Kier alpha value is -0.530. The van der Waals surface area contributed by atoms with Crippen LogP contribution in [0.5, 0.6) is 0 Å².